The lowest BCUT2D eigenvalue weighted by Gasteiger charge is -2.30. The Morgan fingerprint density at radius 2 is 1.77 bits per heavy atom. The first kappa shape index (κ1) is 33.1. The summed E-state index contributed by atoms with van der Waals surface area (Å²) in [6.45, 7) is 7.24. The molecular formula is C38H43FN6O3. The molecule has 0 spiro atoms. The summed E-state index contributed by atoms with van der Waals surface area (Å²) >= 11 is 0. The van der Waals surface area contributed by atoms with Crippen LogP contribution < -0.4 is 14.8 Å². The Balaban J connectivity index is 1.14. The highest BCUT2D eigenvalue weighted by Crippen LogP contribution is 2.38. The Bertz CT molecular complexity index is 1880. The van der Waals surface area contributed by atoms with E-state index in [1.54, 1.807) is 31.5 Å². The SMILES string of the molecule is CCN(C(=O)c1cc(F)ccc1-c1cc(C2CCC(NCc3ccc(-c4cc(OC)c(OC)nn4)cc3)CC2)cn2cncc12)C(C)C. The van der Waals surface area contributed by atoms with E-state index in [0.29, 0.717) is 35.7 Å². The fraction of sp³-hybridized carbons (Fsp3) is 0.368. The van der Waals surface area contributed by atoms with E-state index in [-0.39, 0.29) is 11.9 Å². The van der Waals surface area contributed by atoms with Gasteiger partial charge in [0.25, 0.3) is 11.8 Å². The van der Waals surface area contributed by atoms with E-state index in [2.05, 4.69) is 57.0 Å². The van der Waals surface area contributed by atoms with Gasteiger partial charge in [0.15, 0.2) is 5.75 Å². The van der Waals surface area contributed by atoms with E-state index >= 15 is 0 Å². The van der Waals surface area contributed by atoms with Crippen LogP contribution in [0.15, 0.2) is 73.3 Å². The standard InChI is InChI=1S/C38H43FN6O3/c1-6-45(24(2)3)38(46)33-18-29(39)13-16-31(33)32-17-28(22-44-23-40-21-35(32)44)26-11-14-30(15-12-26)41-20-25-7-9-27(10-8-25)34-19-36(47-4)37(48-5)43-42-34/h7-10,13,16-19,21-24,26,30,41H,6,11-12,14-15,20H2,1-5H3. The van der Waals surface area contributed by atoms with E-state index in [4.69, 9.17) is 9.47 Å². The van der Waals surface area contributed by atoms with E-state index < -0.39 is 5.82 Å². The predicted molar refractivity (Wildman–Crippen MR) is 185 cm³/mol. The van der Waals surface area contributed by atoms with Gasteiger partial charge < -0.3 is 24.1 Å². The summed E-state index contributed by atoms with van der Waals surface area (Å²) < 4.78 is 27.2. The van der Waals surface area contributed by atoms with Gasteiger partial charge in [-0.3, -0.25) is 4.79 Å². The van der Waals surface area contributed by atoms with Crippen molar-refractivity contribution in [3.8, 4) is 34.0 Å². The Morgan fingerprint density at radius 1 is 1.00 bits per heavy atom. The third-order valence-electron chi connectivity index (χ3n) is 9.45. The molecule has 3 aromatic heterocycles. The third-order valence-corrected chi connectivity index (χ3v) is 9.45. The normalized spacial score (nSPS) is 16.3. The summed E-state index contributed by atoms with van der Waals surface area (Å²) in [5.41, 5.74) is 7.00. The molecule has 0 aliphatic heterocycles. The molecule has 1 fully saturated rings. The van der Waals surface area contributed by atoms with Gasteiger partial charge in [-0.2, -0.15) is 0 Å². The molecule has 0 radical (unpaired) electrons. The van der Waals surface area contributed by atoms with E-state index in [1.165, 1.54) is 23.3 Å². The number of rotatable bonds is 11. The summed E-state index contributed by atoms with van der Waals surface area (Å²) in [5, 5.41) is 12.1. The van der Waals surface area contributed by atoms with Crippen LogP contribution >= 0.6 is 0 Å². The second-order valence-electron chi connectivity index (χ2n) is 12.7. The number of carbonyl (C=O) groups excluding carboxylic acids is 1. The van der Waals surface area contributed by atoms with Crippen LogP contribution in [0.4, 0.5) is 4.39 Å². The van der Waals surface area contributed by atoms with Crippen molar-refractivity contribution in [3.63, 3.8) is 0 Å². The number of ether oxygens (including phenoxy) is 2. The number of pyridine rings is 1. The second-order valence-corrected chi connectivity index (χ2v) is 12.7. The van der Waals surface area contributed by atoms with Crippen LogP contribution in [0.1, 0.15) is 73.9 Å². The van der Waals surface area contributed by atoms with Crippen molar-refractivity contribution in [2.75, 3.05) is 20.8 Å². The van der Waals surface area contributed by atoms with Gasteiger partial charge in [-0.25, -0.2) is 9.37 Å². The van der Waals surface area contributed by atoms with Crippen LogP contribution in [0.2, 0.25) is 0 Å². The topological polar surface area (TPSA) is 93.9 Å². The first-order valence-corrected chi connectivity index (χ1v) is 16.6. The largest absolute Gasteiger partial charge is 0.491 e. The maximum atomic E-state index is 14.6. The lowest BCUT2D eigenvalue weighted by Crippen LogP contribution is -2.37. The predicted octanol–water partition coefficient (Wildman–Crippen LogP) is 7.30. The van der Waals surface area contributed by atoms with Crippen molar-refractivity contribution in [1.29, 1.82) is 0 Å². The van der Waals surface area contributed by atoms with Crippen LogP contribution in [-0.4, -0.2) is 63.2 Å². The van der Waals surface area contributed by atoms with Crippen LogP contribution in [0.5, 0.6) is 11.6 Å². The summed E-state index contributed by atoms with van der Waals surface area (Å²) in [5.74, 6) is 0.694. The van der Waals surface area contributed by atoms with Crippen LogP contribution in [0.3, 0.4) is 0 Å². The molecule has 0 atom stereocenters. The third kappa shape index (κ3) is 6.89. The molecule has 0 bridgehead atoms. The fourth-order valence-corrected chi connectivity index (χ4v) is 6.80. The highest BCUT2D eigenvalue weighted by Gasteiger charge is 2.26. The zero-order valence-electron chi connectivity index (χ0n) is 28.2. The summed E-state index contributed by atoms with van der Waals surface area (Å²) in [7, 11) is 3.13. The van der Waals surface area contributed by atoms with E-state index in [0.717, 1.165) is 60.1 Å². The average molecular weight is 651 g/mol. The Hall–Kier alpha value is -4.83. The first-order valence-electron chi connectivity index (χ1n) is 16.6. The molecule has 48 heavy (non-hydrogen) atoms. The van der Waals surface area contributed by atoms with Crippen molar-refractivity contribution in [1.82, 2.24) is 29.8 Å². The molecule has 0 saturated heterocycles. The molecule has 9 nitrogen and oxygen atoms in total. The molecule has 0 unspecified atom stereocenters. The minimum absolute atomic E-state index is 0.00178. The number of nitrogens with one attached hydrogen (secondary N) is 1. The maximum absolute atomic E-state index is 14.6. The van der Waals surface area contributed by atoms with Crippen molar-refractivity contribution < 1.29 is 18.7 Å². The highest BCUT2D eigenvalue weighted by atomic mass is 19.1. The molecule has 250 valence electrons. The number of carbonyl (C=O) groups is 1. The summed E-state index contributed by atoms with van der Waals surface area (Å²) in [6.07, 6.45) is 9.97. The molecule has 1 amide bonds. The minimum Gasteiger partial charge on any atom is -0.491 e. The van der Waals surface area contributed by atoms with Gasteiger partial charge in [-0.1, -0.05) is 30.3 Å². The number of nitrogens with zero attached hydrogens (tertiary/aromatic N) is 5. The smallest absolute Gasteiger partial charge is 0.276 e. The molecule has 2 aromatic carbocycles. The number of hydrogen-bond acceptors (Lipinski definition) is 7. The Labute approximate surface area is 281 Å². The van der Waals surface area contributed by atoms with Gasteiger partial charge >= 0.3 is 0 Å². The quantitative estimate of drug-likeness (QED) is 0.160. The van der Waals surface area contributed by atoms with Crippen molar-refractivity contribution in [2.45, 2.75) is 71.0 Å². The van der Waals surface area contributed by atoms with Crippen molar-refractivity contribution in [2.24, 2.45) is 0 Å². The number of imidazole rings is 1. The molecule has 1 aliphatic rings. The van der Waals surface area contributed by atoms with Crippen LogP contribution in [0.25, 0.3) is 27.9 Å². The molecule has 1 N–H and O–H groups in total. The highest BCUT2D eigenvalue weighted by molar-refractivity contribution is 6.03. The maximum Gasteiger partial charge on any atom is 0.276 e. The zero-order valence-corrected chi connectivity index (χ0v) is 28.2. The van der Waals surface area contributed by atoms with Crippen LogP contribution in [0, 0.1) is 5.82 Å². The lowest BCUT2D eigenvalue weighted by atomic mass is 9.81. The number of methoxy groups -OCH3 is 2. The van der Waals surface area contributed by atoms with Gasteiger partial charge in [0, 0.05) is 48.6 Å². The second kappa shape index (κ2) is 14.5. The van der Waals surface area contributed by atoms with E-state index in [9.17, 15) is 9.18 Å². The molecular weight excluding hydrogens is 607 g/mol. The van der Waals surface area contributed by atoms with Gasteiger partial charge in [-0.15, -0.1) is 10.2 Å². The Morgan fingerprint density at radius 3 is 2.46 bits per heavy atom. The van der Waals surface area contributed by atoms with Crippen LogP contribution in [-0.2, 0) is 6.54 Å². The lowest BCUT2D eigenvalue weighted by molar-refractivity contribution is 0.0717. The monoisotopic (exact) mass is 650 g/mol. The number of benzene rings is 2. The number of halogens is 1. The van der Waals surface area contributed by atoms with Gasteiger partial charge in [-0.05, 0) is 87.3 Å². The number of aromatic nitrogens is 4. The Kier molecular flexibility index (Phi) is 10.0. The molecule has 6 rings (SSSR count). The van der Waals surface area contributed by atoms with Crippen molar-refractivity contribution in [3.05, 3.63) is 95.8 Å². The molecule has 3 heterocycles. The summed E-state index contributed by atoms with van der Waals surface area (Å²) in [4.78, 5) is 19.9. The number of amides is 1. The molecule has 10 heteroatoms. The molecule has 5 aromatic rings. The first-order chi connectivity index (χ1) is 23.3. The molecule has 1 saturated carbocycles. The van der Waals surface area contributed by atoms with Gasteiger partial charge in [0.05, 0.1) is 43.5 Å². The van der Waals surface area contributed by atoms with E-state index in [1.807, 2.05) is 37.4 Å². The molecule has 1 aliphatic carbocycles. The fourth-order valence-electron chi connectivity index (χ4n) is 6.80. The van der Waals surface area contributed by atoms with Crippen molar-refractivity contribution >= 4 is 11.4 Å². The number of hydrogen-bond donors (Lipinski definition) is 1. The average Bonchev–Trinajstić information content (AvgIpc) is 3.60. The van der Waals surface area contributed by atoms with Gasteiger partial charge in [0.2, 0.25) is 0 Å². The van der Waals surface area contributed by atoms with Gasteiger partial charge in [0.1, 0.15) is 5.82 Å². The minimum atomic E-state index is -0.420. The zero-order chi connectivity index (χ0) is 33.8. The summed E-state index contributed by atoms with van der Waals surface area (Å²) in [6, 6.07) is 17.3. The number of fused-ring (bicyclic) bond motifs is 1.